The maximum absolute atomic E-state index is 13.6. The Balaban J connectivity index is 1.31. The average molecular weight is 517 g/mol. The Morgan fingerprint density at radius 3 is 2.80 bits per heavy atom. The van der Waals surface area contributed by atoms with E-state index in [1.165, 1.54) is 15.6 Å². The molecule has 3 heterocycles. The van der Waals surface area contributed by atoms with Crippen LogP contribution >= 0.6 is 11.3 Å². The standard InChI is InChI=1S/C24H28N4O5S2/c1-15-21(13-20(34-15)22-26-24(33-27-22)16-6-3-7-16)35(30,31)28-11-5-8-17(14-28)23(29)25-18-9-4-10-19(12-18)32-2/h4,9-10,12-13,16-17H,3,5-8,11,14H2,1-2H3,(H,25,29)/t17-/m0/s1. The van der Waals surface area contributed by atoms with Crippen LogP contribution in [0.25, 0.3) is 10.7 Å². The normalized spacial score (nSPS) is 19.3. The number of hydrogen-bond acceptors (Lipinski definition) is 8. The lowest BCUT2D eigenvalue weighted by Crippen LogP contribution is -2.43. The van der Waals surface area contributed by atoms with Crippen LogP contribution in [0.1, 0.15) is 48.8 Å². The van der Waals surface area contributed by atoms with Crippen molar-refractivity contribution < 1.29 is 22.5 Å². The van der Waals surface area contributed by atoms with Gasteiger partial charge in [0.15, 0.2) is 0 Å². The Morgan fingerprint density at radius 1 is 1.23 bits per heavy atom. The van der Waals surface area contributed by atoms with Crippen molar-refractivity contribution in [2.24, 2.45) is 5.92 Å². The fraction of sp³-hybridized carbons (Fsp3) is 0.458. The number of carbonyl (C=O) groups is 1. The van der Waals surface area contributed by atoms with Crippen LogP contribution in [0.15, 0.2) is 39.8 Å². The van der Waals surface area contributed by atoms with Gasteiger partial charge in [-0.05, 0) is 50.8 Å². The number of thiophene rings is 1. The summed E-state index contributed by atoms with van der Waals surface area (Å²) < 4.78 is 39.1. The van der Waals surface area contributed by atoms with Gasteiger partial charge in [-0.2, -0.15) is 9.29 Å². The van der Waals surface area contributed by atoms with Crippen molar-refractivity contribution in [3.8, 4) is 16.5 Å². The number of ether oxygens (including phenoxy) is 1. The third kappa shape index (κ3) is 4.85. The number of aryl methyl sites for hydroxylation is 1. The van der Waals surface area contributed by atoms with Crippen LogP contribution in [0.2, 0.25) is 0 Å². The van der Waals surface area contributed by atoms with Gasteiger partial charge in [0.1, 0.15) is 5.75 Å². The molecule has 2 fully saturated rings. The SMILES string of the molecule is COc1cccc(NC(=O)[C@H]2CCCN(S(=O)(=O)c3cc(-c4noc(C5CCC5)n4)sc3C)C2)c1. The molecule has 1 amide bonds. The van der Waals surface area contributed by atoms with Crippen molar-refractivity contribution in [3.05, 3.63) is 41.1 Å². The van der Waals surface area contributed by atoms with E-state index in [2.05, 4.69) is 15.5 Å². The monoisotopic (exact) mass is 516 g/mol. The Bertz CT molecular complexity index is 1330. The van der Waals surface area contributed by atoms with Crippen molar-refractivity contribution in [2.75, 3.05) is 25.5 Å². The number of piperidine rings is 1. The fourth-order valence-corrected chi connectivity index (χ4v) is 7.46. The third-order valence-corrected chi connectivity index (χ3v) is 9.87. The summed E-state index contributed by atoms with van der Waals surface area (Å²) >= 11 is 1.34. The molecule has 1 saturated heterocycles. The number of carbonyl (C=O) groups excluding carboxylic acids is 1. The Hall–Kier alpha value is -2.76. The Kier molecular flexibility index (Phi) is 6.65. The molecule has 186 valence electrons. The molecule has 0 spiro atoms. The zero-order chi connectivity index (χ0) is 24.6. The minimum atomic E-state index is -3.78. The maximum atomic E-state index is 13.6. The zero-order valence-electron chi connectivity index (χ0n) is 19.7. The molecule has 2 aliphatic rings. The van der Waals surface area contributed by atoms with E-state index < -0.39 is 15.9 Å². The predicted molar refractivity (Wildman–Crippen MR) is 132 cm³/mol. The summed E-state index contributed by atoms with van der Waals surface area (Å²) in [4.78, 5) is 19.0. The number of benzene rings is 1. The summed E-state index contributed by atoms with van der Waals surface area (Å²) in [7, 11) is -2.21. The minimum absolute atomic E-state index is 0.136. The first-order valence-electron chi connectivity index (χ1n) is 11.7. The second-order valence-corrected chi connectivity index (χ2v) is 12.2. The van der Waals surface area contributed by atoms with Crippen LogP contribution in [0.4, 0.5) is 5.69 Å². The van der Waals surface area contributed by atoms with Gasteiger partial charge in [0, 0.05) is 35.6 Å². The van der Waals surface area contributed by atoms with Crippen LogP contribution in [-0.4, -0.2) is 49.0 Å². The van der Waals surface area contributed by atoms with Crippen molar-refractivity contribution in [1.82, 2.24) is 14.4 Å². The quantitative estimate of drug-likeness (QED) is 0.494. The molecule has 1 aliphatic heterocycles. The summed E-state index contributed by atoms with van der Waals surface area (Å²) in [5.74, 6) is 1.37. The smallest absolute Gasteiger partial charge is 0.244 e. The molecule has 1 N–H and O–H groups in total. The highest BCUT2D eigenvalue weighted by atomic mass is 32.2. The first kappa shape index (κ1) is 24.0. The second-order valence-electron chi connectivity index (χ2n) is 9.04. The van der Waals surface area contributed by atoms with Gasteiger partial charge in [0.2, 0.25) is 27.6 Å². The van der Waals surface area contributed by atoms with Crippen molar-refractivity contribution >= 4 is 33.0 Å². The molecule has 11 heteroatoms. The molecule has 1 aliphatic carbocycles. The van der Waals surface area contributed by atoms with E-state index >= 15 is 0 Å². The molecule has 0 unspecified atom stereocenters. The van der Waals surface area contributed by atoms with Crippen LogP contribution in [0, 0.1) is 12.8 Å². The summed E-state index contributed by atoms with van der Waals surface area (Å²) in [6.07, 6.45) is 4.50. The van der Waals surface area contributed by atoms with E-state index in [1.807, 2.05) is 0 Å². The predicted octanol–water partition coefficient (Wildman–Crippen LogP) is 4.42. The molecule has 5 rings (SSSR count). The summed E-state index contributed by atoms with van der Waals surface area (Å²) in [5.41, 5.74) is 0.619. The topological polar surface area (TPSA) is 115 Å². The van der Waals surface area contributed by atoms with Crippen molar-refractivity contribution in [1.29, 1.82) is 0 Å². The summed E-state index contributed by atoms with van der Waals surface area (Å²) in [5, 5.41) is 6.97. The van der Waals surface area contributed by atoms with E-state index in [4.69, 9.17) is 9.26 Å². The van der Waals surface area contributed by atoms with Gasteiger partial charge in [-0.3, -0.25) is 4.79 Å². The fourth-order valence-electron chi connectivity index (χ4n) is 4.45. The van der Waals surface area contributed by atoms with E-state index in [1.54, 1.807) is 44.4 Å². The number of nitrogens with zero attached hydrogens (tertiary/aromatic N) is 3. The van der Waals surface area contributed by atoms with Crippen LogP contribution in [-0.2, 0) is 14.8 Å². The number of amides is 1. The largest absolute Gasteiger partial charge is 0.497 e. The van der Waals surface area contributed by atoms with Crippen molar-refractivity contribution in [2.45, 2.75) is 49.8 Å². The van der Waals surface area contributed by atoms with Crippen LogP contribution < -0.4 is 10.1 Å². The molecule has 3 aromatic rings. The Morgan fingerprint density at radius 2 is 2.06 bits per heavy atom. The number of methoxy groups -OCH3 is 1. The maximum Gasteiger partial charge on any atom is 0.244 e. The summed E-state index contributed by atoms with van der Waals surface area (Å²) in [6, 6.07) is 8.74. The van der Waals surface area contributed by atoms with Gasteiger partial charge in [0.25, 0.3) is 0 Å². The molecule has 35 heavy (non-hydrogen) atoms. The van der Waals surface area contributed by atoms with Crippen molar-refractivity contribution in [3.63, 3.8) is 0 Å². The molecular weight excluding hydrogens is 488 g/mol. The average Bonchev–Trinajstić information content (AvgIpc) is 3.45. The third-order valence-electron chi connectivity index (χ3n) is 6.70. The highest BCUT2D eigenvalue weighted by Gasteiger charge is 2.35. The number of hydrogen-bond donors (Lipinski definition) is 1. The van der Waals surface area contributed by atoms with Gasteiger partial charge in [-0.25, -0.2) is 8.42 Å². The van der Waals surface area contributed by atoms with Crippen LogP contribution in [0.3, 0.4) is 0 Å². The Labute approximate surface area is 208 Å². The number of rotatable bonds is 7. The van der Waals surface area contributed by atoms with Crippen LogP contribution in [0.5, 0.6) is 5.75 Å². The van der Waals surface area contributed by atoms with Gasteiger partial charge >= 0.3 is 0 Å². The molecule has 1 aromatic carbocycles. The first-order valence-corrected chi connectivity index (χ1v) is 14.0. The lowest BCUT2D eigenvalue weighted by Gasteiger charge is -2.31. The summed E-state index contributed by atoms with van der Waals surface area (Å²) in [6.45, 7) is 2.30. The number of anilines is 1. The zero-order valence-corrected chi connectivity index (χ0v) is 21.3. The first-order chi connectivity index (χ1) is 16.8. The molecule has 9 nitrogen and oxygen atoms in total. The van der Waals surface area contributed by atoms with E-state index in [9.17, 15) is 13.2 Å². The van der Waals surface area contributed by atoms with E-state index in [0.29, 0.717) is 58.2 Å². The molecule has 0 radical (unpaired) electrons. The second kappa shape index (κ2) is 9.71. The molecule has 1 saturated carbocycles. The van der Waals surface area contributed by atoms with Gasteiger partial charge in [-0.15, -0.1) is 11.3 Å². The minimum Gasteiger partial charge on any atom is -0.497 e. The molecule has 2 aromatic heterocycles. The van der Waals surface area contributed by atoms with Gasteiger partial charge in [-0.1, -0.05) is 17.6 Å². The van der Waals surface area contributed by atoms with Gasteiger partial charge < -0.3 is 14.6 Å². The molecule has 0 bridgehead atoms. The highest BCUT2D eigenvalue weighted by Crippen LogP contribution is 2.38. The highest BCUT2D eigenvalue weighted by molar-refractivity contribution is 7.89. The number of nitrogens with one attached hydrogen (secondary N) is 1. The molecule has 1 atom stereocenters. The number of aromatic nitrogens is 2. The lowest BCUT2D eigenvalue weighted by atomic mass is 9.85. The van der Waals surface area contributed by atoms with E-state index in [-0.39, 0.29) is 17.3 Å². The molecular formula is C24H28N4O5S2. The van der Waals surface area contributed by atoms with E-state index in [0.717, 1.165) is 19.3 Å². The lowest BCUT2D eigenvalue weighted by molar-refractivity contribution is -0.120. The number of sulfonamides is 1. The van der Waals surface area contributed by atoms with Gasteiger partial charge in [0.05, 0.1) is 22.8 Å².